The monoisotopic (exact) mass is 305 g/mol. The fraction of sp³-hybridized carbons (Fsp3) is 0.0769. The molecule has 1 aromatic carbocycles. The molecule has 0 fully saturated rings. The van der Waals surface area contributed by atoms with E-state index in [2.05, 4.69) is 9.97 Å². The van der Waals surface area contributed by atoms with Crippen LogP contribution in [0.3, 0.4) is 0 Å². The van der Waals surface area contributed by atoms with Crippen molar-refractivity contribution in [2.75, 3.05) is 0 Å². The number of aromatic nitrogens is 3. The molecule has 0 spiro atoms. The summed E-state index contributed by atoms with van der Waals surface area (Å²) in [5.41, 5.74) is 1.45. The van der Waals surface area contributed by atoms with Crippen molar-refractivity contribution >= 4 is 21.2 Å². The molecule has 2 heterocycles. The van der Waals surface area contributed by atoms with Crippen molar-refractivity contribution in [1.29, 1.82) is 0 Å². The van der Waals surface area contributed by atoms with Gasteiger partial charge in [-0.15, -0.1) is 0 Å². The zero-order valence-corrected chi connectivity index (χ0v) is 11.5. The van der Waals surface area contributed by atoms with Gasteiger partial charge in [0.2, 0.25) is 0 Å². The SMILES string of the molecule is O=c1[nH]c2cc(S(=O)(=O)O)ccc2n1Cc1ccncc1. The number of nitrogens with zero attached hydrogens (tertiary/aromatic N) is 2. The molecule has 108 valence electrons. The van der Waals surface area contributed by atoms with Gasteiger partial charge >= 0.3 is 5.69 Å². The molecular weight excluding hydrogens is 294 g/mol. The second-order valence-electron chi connectivity index (χ2n) is 4.53. The van der Waals surface area contributed by atoms with Gasteiger partial charge in [0.1, 0.15) is 0 Å². The van der Waals surface area contributed by atoms with Gasteiger partial charge in [0.25, 0.3) is 10.1 Å². The maximum Gasteiger partial charge on any atom is 0.326 e. The molecule has 0 aliphatic carbocycles. The molecule has 0 amide bonds. The molecule has 0 atom stereocenters. The predicted octanol–water partition coefficient (Wildman–Crippen LogP) is 1.02. The van der Waals surface area contributed by atoms with Crippen molar-refractivity contribution in [2.45, 2.75) is 11.4 Å². The minimum atomic E-state index is -4.30. The van der Waals surface area contributed by atoms with E-state index in [0.29, 0.717) is 17.6 Å². The Bertz CT molecular complexity index is 958. The van der Waals surface area contributed by atoms with Gasteiger partial charge in [-0.05, 0) is 35.9 Å². The van der Waals surface area contributed by atoms with Crippen molar-refractivity contribution in [3.63, 3.8) is 0 Å². The number of hydrogen-bond acceptors (Lipinski definition) is 4. The Morgan fingerprint density at radius 3 is 2.57 bits per heavy atom. The number of rotatable bonds is 3. The largest absolute Gasteiger partial charge is 0.326 e. The van der Waals surface area contributed by atoms with Crippen molar-refractivity contribution in [3.8, 4) is 0 Å². The highest BCUT2D eigenvalue weighted by molar-refractivity contribution is 7.85. The average molecular weight is 305 g/mol. The van der Waals surface area contributed by atoms with Crippen LogP contribution in [0.4, 0.5) is 0 Å². The van der Waals surface area contributed by atoms with E-state index < -0.39 is 10.1 Å². The van der Waals surface area contributed by atoms with Crippen LogP contribution in [0.15, 0.2) is 52.4 Å². The number of fused-ring (bicyclic) bond motifs is 1. The van der Waals surface area contributed by atoms with Crippen molar-refractivity contribution in [1.82, 2.24) is 14.5 Å². The van der Waals surface area contributed by atoms with Crippen LogP contribution in [0, 0.1) is 0 Å². The van der Waals surface area contributed by atoms with E-state index in [1.807, 2.05) is 0 Å². The maximum atomic E-state index is 12.0. The summed E-state index contributed by atoms with van der Waals surface area (Å²) in [6, 6.07) is 7.55. The number of imidazole rings is 1. The minimum absolute atomic E-state index is 0.257. The standard InChI is InChI=1S/C13H11N3O4S/c17-13-15-11-7-10(21(18,19)20)1-2-12(11)16(13)8-9-3-5-14-6-4-9/h1-7H,8H2,(H,15,17)(H,18,19,20). The Morgan fingerprint density at radius 1 is 1.19 bits per heavy atom. The third kappa shape index (κ3) is 2.58. The van der Waals surface area contributed by atoms with E-state index in [1.54, 1.807) is 24.5 Å². The molecule has 0 unspecified atom stereocenters. The number of hydrogen-bond donors (Lipinski definition) is 2. The van der Waals surface area contributed by atoms with E-state index in [1.165, 1.54) is 22.8 Å². The highest BCUT2D eigenvalue weighted by Crippen LogP contribution is 2.17. The fourth-order valence-corrected chi connectivity index (χ4v) is 2.64. The lowest BCUT2D eigenvalue weighted by molar-refractivity contribution is 0.483. The van der Waals surface area contributed by atoms with Crippen LogP contribution >= 0.6 is 0 Å². The molecule has 2 aromatic heterocycles. The first-order valence-electron chi connectivity index (χ1n) is 6.04. The van der Waals surface area contributed by atoms with E-state index >= 15 is 0 Å². The topological polar surface area (TPSA) is 105 Å². The Labute approximate surface area is 119 Å². The molecule has 0 saturated carbocycles. The number of H-pyrrole nitrogens is 1. The van der Waals surface area contributed by atoms with Gasteiger partial charge in [-0.3, -0.25) is 14.1 Å². The van der Waals surface area contributed by atoms with Gasteiger partial charge in [-0.1, -0.05) is 0 Å². The Hall–Kier alpha value is -2.45. The fourth-order valence-electron chi connectivity index (χ4n) is 2.13. The second-order valence-corrected chi connectivity index (χ2v) is 5.95. The van der Waals surface area contributed by atoms with Crippen molar-refractivity contribution in [2.24, 2.45) is 0 Å². The molecule has 0 aliphatic rings. The smallest absolute Gasteiger partial charge is 0.305 e. The van der Waals surface area contributed by atoms with Crippen molar-refractivity contribution in [3.05, 3.63) is 58.8 Å². The summed E-state index contributed by atoms with van der Waals surface area (Å²) in [6.07, 6.45) is 3.26. The number of nitrogens with one attached hydrogen (secondary N) is 1. The van der Waals surface area contributed by atoms with Crippen molar-refractivity contribution < 1.29 is 13.0 Å². The number of aromatic amines is 1. The lowest BCUT2D eigenvalue weighted by Crippen LogP contribution is -2.17. The molecule has 0 bridgehead atoms. The highest BCUT2D eigenvalue weighted by atomic mass is 32.2. The minimum Gasteiger partial charge on any atom is -0.305 e. The molecular formula is C13H11N3O4S. The van der Waals surface area contributed by atoms with E-state index in [4.69, 9.17) is 4.55 Å². The molecule has 8 heteroatoms. The average Bonchev–Trinajstić information content (AvgIpc) is 2.75. The van der Waals surface area contributed by atoms with Gasteiger partial charge < -0.3 is 4.98 Å². The predicted molar refractivity (Wildman–Crippen MR) is 75.7 cm³/mol. The Kier molecular flexibility index (Phi) is 3.11. The molecule has 0 saturated heterocycles. The van der Waals surface area contributed by atoms with Crippen LogP contribution in [-0.4, -0.2) is 27.5 Å². The molecule has 3 aromatic rings. The van der Waals surface area contributed by atoms with E-state index in [9.17, 15) is 13.2 Å². The summed E-state index contributed by atoms with van der Waals surface area (Å²) in [6.45, 7) is 0.340. The quantitative estimate of drug-likeness (QED) is 0.703. The maximum absolute atomic E-state index is 12.0. The van der Waals surface area contributed by atoms with Gasteiger partial charge in [0.15, 0.2) is 0 Å². The summed E-state index contributed by atoms with van der Waals surface area (Å²) in [4.78, 5) is 18.2. The van der Waals surface area contributed by atoms with Gasteiger partial charge in [-0.25, -0.2) is 4.79 Å². The van der Waals surface area contributed by atoms with Crippen LogP contribution in [0.5, 0.6) is 0 Å². The molecule has 3 rings (SSSR count). The molecule has 21 heavy (non-hydrogen) atoms. The Balaban J connectivity index is 2.12. The third-order valence-corrected chi connectivity index (χ3v) is 3.98. The third-order valence-electron chi connectivity index (χ3n) is 3.13. The zero-order chi connectivity index (χ0) is 15.0. The summed E-state index contributed by atoms with van der Waals surface area (Å²) in [5.74, 6) is 0. The van der Waals surface area contributed by atoms with E-state index in [-0.39, 0.29) is 10.6 Å². The number of pyridine rings is 1. The molecule has 0 radical (unpaired) electrons. The zero-order valence-electron chi connectivity index (χ0n) is 10.7. The first-order valence-corrected chi connectivity index (χ1v) is 7.48. The van der Waals surface area contributed by atoms with Crippen LogP contribution in [0.1, 0.15) is 5.56 Å². The van der Waals surface area contributed by atoms with Crippen LogP contribution < -0.4 is 5.69 Å². The first kappa shape index (κ1) is 13.5. The van der Waals surface area contributed by atoms with Crippen LogP contribution in [0.2, 0.25) is 0 Å². The summed E-state index contributed by atoms with van der Waals surface area (Å²) in [5, 5.41) is 0. The van der Waals surface area contributed by atoms with Gasteiger partial charge in [-0.2, -0.15) is 8.42 Å². The van der Waals surface area contributed by atoms with Gasteiger partial charge in [0, 0.05) is 12.4 Å². The normalized spacial score (nSPS) is 11.9. The first-order chi connectivity index (χ1) is 9.95. The van der Waals surface area contributed by atoms with Crippen LogP contribution in [0.25, 0.3) is 11.0 Å². The summed E-state index contributed by atoms with van der Waals surface area (Å²) in [7, 11) is -4.30. The summed E-state index contributed by atoms with van der Waals surface area (Å²) < 4.78 is 32.7. The van der Waals surface area contributed by atoms with Gasteiger partial charge in [0.05, 0.1) is 22.5 Å². The number of benzene rings is 1. The molecule has 0 aliphatic heterocycles. The molecule has 2 N–H and O–H groups in total. The van der Waals surface area contributed by atoms with E-state index in [0.717, 1.165) is 5.56 Å². The lowest BCUT2D eigenvalue weighted by Gasteiger charge is -2.03. The summed E-state index contributed by atoms with van der Waals surface area (Å²) >= 11 is 0. The Morgan fingerprint density at radius 2 is 1.90 bits per heavy atom. The lowest BCUT2D eigenvalue weighted by atomic mass is 10.2. The highest BCUT2D eigenvalue weighted by Gasteiger charge is 2.13. The molecule has 7 nitrogen and oxygen atoms in total. The van der Waals surface area contributed by atoms with Crippen LogP contribution in [-0.2, 0) is 16.7 Å². The second kappa shape index (κ2) is 4.83.